The molecule has 2 N–H and O–H groups in total. The number of sulfone groups is 1. The molecule has 1 heterocycles. The largest absolute Gasteiger partial charge is 0.311 e. The number of hydrogen-bond donors (Lipinski definition) is 2. The van der Waals surface area contributed by atoms with E-state index in [0.29, 0.717) is 11.4 Å². The first-order valence-corrected chi connectivity index (χ1v) is 7.43. The van der Waals surface area contributed by atoms with Crippen LogP contribution in [0.1, 0.15) is 5.56 Å². The van der Waals surface area contributed by atoms with Gasteiger partial charge in [-0.25, -0.2) is 8.42 Å². The van der Waals surface area contributed by atoms with Gasteiger partial charge in [0, 0.05) is 12.3 Å². The van der Waals surface area contributed by atoms with Gasteiger partial charge in [0.25, 0.3) is 0 Å². The summed E-state index contributed by atoms with van der Waals surface area (Å²) >= 11 is 0. The summed E-state index contributed by atoms with van der Waals surface area (Å²) in [4.78, 5) is 12.0. The molecular weight excluding hydrogens is 266 g/mol. The molecule has 100 valence electrons. The van der Waals surface area contributed by atoms with Crippen molar-refractivity contribution in [1.82, 2.24) is 10.2 Å². The summed E-state index contributed by atoms with van der Waals surface area (Å²) in [6, 6.07) is 8.07. The van der Waals surface area contributed by atoms with Crippen LogP contribution in [0.25, 0.3) is 0 Å². The lowest BCUT2D eigenvalue weighted by atomic mass is 10.1. The van der Waals surface area contributed by atoms with Crippen molar-refractivity contribution in [1.29, 1.82) is 0 Å². The summed E-state index contributed by atoms with van der Waals surface area (Å²) in [6.45, 7) is 0. The van der Waals surface area contributed by atoms with Crippen LogP contribution in [0.15, 0.2) is 41.4 Å². The van der Waals surface area contributed by atoms with Crippen molar-refractivity contribution in [2.24, 2.45) is 0 Å². The quantitative estimate of drug-likeness (QED) is 0.873. The molecule has 0 aliphatic rings. The van der Waals surface area contributed by atoms with Crippen LogP contribution >= 0.6 is 0 Å². The minimum Gasteiger partial charge on any atom is -0.311 e. The number of amides is 1. The summed E-state index contributed by atoms with van der Waals surface area (Å²) in [5, 5.41) is 8.90. The van der Waals surface area contributed by atoms with Crippen LogP contribution in [0.4, 0.5) is 5.82 Å². The highest BCUT2D eigenvalue weighted by molar-refractivity contribution is 7.90. The molecule has 0 spiro atoms. The molecule has 1 aromatic carbocycles. The fourth-order valence-electron chi connectivity index (χ4n) is 1.70. The number of H-pyrrole nitrogens is 1. The maximum atomic E-state index is 11.8. The van der Waals surface area contributed by atoms with Crippen molar-refractivity contribution >= 4 is 21.6 Å². The van der Waals surface area contributed by atoms with Gasteiger partial charge in [-0.1, -0.05) is 18.2 Å². The minimum atomic E-state index is -3.34. The molecule has 0 aliphatic carbocycles. The third kappa shape index (κ3) is 3.41. The van der Waals surface area contributed by atoms with Gasteiger partial charge >= 0.3 is 0 Å². The van der Waals surface area contributed by atoms with Gasteiger partial charge in [0.1, 0.15) is 5.82 Å². The topological polar surface area (TPSA) is 91.9 Å². The molecule has 0 aliphatic heterocycles. The van der Waals surface area contributed by atoms with Crippen molar-refractivity contribution in [2.45, 2.75) is 11.3 Å². The van der Waals surface area contributed by atoms with Crippen LogP contribution in [0.5, 0.6) is 0 Å². The number of nitrogens with one attached hydrogen (secondary N) is 2. The maximum absolute atomic E-state index is 11.8. The van der Waals surface area contributed by atoms with Crippen molar-refractivity contribution in [3.63, 3.8) is 0 Å². The number of aromatic amines is 1. The lowest BCUT2D eigenvalue weighted by Gasteiger charge is -2.07. The standard InChI is InChI=1S/C12H13N3O3S/c1-19(17,18)10-5-3-2-4-9(10)8-12(16)14-11-6-7-13-15-11/h2-7H,8H2,1H3,(H2,13,14,15,16). The van der Waals surface area contributed by atoms with Crippen LogP contribution in [0.3, 0.4) is 0 Å². The Bertz CT molecular complexity index is 678. The Morgan fingerprint density at radius 2 is 2.05 bits per heavy atom. The fourth-order valence-corrected chi connectivity index (χ4v) is 2.65. The van der Waals surface area contributed by atoms with Crippen molar-refractivity contribution in [3.8, 4) is 0 Å². The molecule has 2 aromatic rings. The van der Waals surface area contributed by atoms with Gasteiger partial charge in [0.2, 0.25) is 5.91 Å². The van der Waals surface area contributed by atoms with E-state index in [1.165, 1.54) is 12.3 Å². The lowest BCUT2D eigenvalue weighted by Crippen LogP contribution is -2.16. The number of aromatic nitrogens is 2. The van der Waals surface area contributed by atoms with Gasteiger partial charge in [-0.15, -0.1) is 0 Å². The second kappa shape index (κ2) is 5.23. The molecule has 0 atom stereocenters. The summed E-state index contributed by atoms with van der Waals surface area (Å²) in [6.07, 6.45) is 2.63. The molecule has 0 fully saturated rings. The third-order valence-electron chi connectivity index (χ3n) is 2.50. The zero-order chi connectivity index (χ0) is 13.9. The molecule has 1 amide bonds. The molecule has 0 bridgehead atoms. The Balaban J connectivity index is 2.18. The molecule has 1 aromatic heterocycles. The normalized spacial score (nSPS) is 11.2. The Morgan fingerprint density at radius 1 is 1.32 bits per heavy atom. The van der Waals surface area contributed by atoms with E-state index in [-0.39, 0.29) is 17.2 Å². The van der Waals surface area contributed by atoms with Crippen molar-refractivity contribution in [2.75, 3.05) is 11.6 Å². The zero-order valence-electron chi connectivity index (χ0n) is 10.3. The molecule has 0 radical (unpaired) electrons. The number of carbonyl (C=O) groups excluding carboxylic acids is 1. The highest BCUT2D eigenvalue weighted by Gasteiger charge is 2.15. The predicted molar refractivity (Wildman–Crippen MR) is 70.5 cm³/mol. The van der Waals surface area contributed by atoms with Crippen molar-refractivity contribution < 1.29 is 13.2 Å². The number of nitrogens with zero attached hydrogens (tertiary/aromatic N) is 1. The maximum Gasteiger partial charge on any atom is 0.229 e. The second-order valence-electron chi connectivity index (χ2n) is 4.08. The Kier molecular flexibility index (Phi) is 3.66. The first-order valence-electron chi connectivity index (χ1n) is 5.54. The average Bonchev–Trinajstić information content (AvgIpc) is 2.81. The molecule has 7 heteroatoms. The molecule has 2 rings (SSSR count). The monoisotopic (exact) mass is 279 g/mol. The van der Waals surface area contributed by atoms with Crippen LogP contribution in [-0.4, -0.2) is 30.8 Å². The van der Waals surface area contributed by atoms with E-state index in [4.69, 9.17) is 0 Å². The van der Waals surface area contributed by atoms with Gasteiger partial charge in [0.05, 0.1) is 17.5 Å². The predicted octanol–water partition coefficient (Wildman–Crippen LogP) is 0.994. The Hall–Kier alpha value is -2.15. The molecule has 0 unspecified atom stereocenters. The minimum absolute atomic E-state index is 0.0116. The van der Waals surface area contributed by atoms with Crippen LogP contribution in [0, 0.1) is 0 Å². The van der Waals surface area contributed by atoms with Gasteiger partial charge in [-0.3, -0.25) is 9.89 Å². The molecule has 0 saturated heterocycles. The first-order chi connectivity index (χ1) is 8.97. The number of benzene rings is 1. The molecule has 19 heavy (non-hydrogen) atoms. The second-order valence-corrected chi connectivity index (χ2v) is 6.06. The summed E-state index contributed by atoms with van der Waals surface area (Å²) < 4.78 is 23.2. The van der Waals surface area contributed by atoms with Gasteiger partial charge in [-0.05, 0) is 11.6 Å². The van der Waals surface area contributed by atoms with Gasteiger partial charge < -0.3 is 5.32 Å². The zero-order valence-corrected chi connectivity index (χ0v) is 11.1. The van der Waals surface area contributed by atoms with Crippen LogP contribution in [-0.2, 0) is 21.1 Å². The van der Waals surface area contributed by atoms with Crippen molar-refractivity contribution in [3.05, 3.63) is 42.1 Å². The Labute approximate surface area is 110 Å². The van der Waals surface area contributed by atoms with E-state index in [1.54, 1.807) is 24.3 Å². The number of hydrogen-bond acceptors (Lipinski definition) is 4. The highest BCUT2D eigenvalue weighted by atomic mass is 32.2. The number of rotatable bonds is 4. The van der Waals surface area contributed by atoms with Gasteiger partial charge in [0.15, 0.2) is 9.84 Å². The van der Waals surface area contributed by atoms with E-state index in [0.717, 1.165) is 6.26 Å². The van der Waals surface area contributed by atoms with E-state index in [2.05, 4.69) is 15.5 Å². The first kappa shape index (κ1) is 13.3. The molecule has 6 nitrogen and oxygen atoms in total. The fraction of sp³-hybridized carbons (Fsp3) is 0.167. The average molecular weight is 279 g/mol. The SMILES string of the molecule is CS(=O)(=O)c1ccccc1CC(=O)Nc1ccn[nH]1. The molecule has 0 saturated carbocycles. The van der Waals surface area contributed by atoms with Crippen LogP contribution < -0.4 is 5.32 Å². The lowest BCUT2D eigenvalue weighted by molar-refractivity contribution is -0.115. The van der Waals surface area contributed by atoms with E-state index in [9.17, 15) is 13.2 Å². The van der Waals surface area contributed by atoms with E-state index < -0.39 is 9.84 Å². The third-order valence-corrected chi connectivity index (χ3v) is 3.70. The van der Waals surface area contributed by atoms with Crippen LogP contribution in [0.2, 0.25) is 0 Å². The number of carbonyl (C=O) groups is 1. The summed E-state index contributed by atoms with van der Waals surface area (Å²) in [5.41, 5.74) is 0.474. The van der Waals surface area contributed by atoms with Gasteiger partial charge in [-0.2, -0.15) is 5.10 Å². The Morgan fingerprint density at radius 3 is 2.68 bits per heavy atom. The molecular formula is C12H13N3O3S. The summed E-state index contributed by atoms with van der Waals surface area (Å²) in [7, 11) is -3.34. The van der Waals surface area contributed by atoms with E-state index in [1.807, 2.05) is 0 Å². The highest BCUT2D eigenvalue weighted by Crippen LogP contribution is 2.16. The smallest absolute Gasteiger partial charge is 0.229 e. The van der Waals surface area contributed by atoms with E-state index >= 15 is 0 Å². The summed E-state index contributed by atoms with van der Waals surface area (Å²) in [5.74, 6) is 0.169. The number of anilines is 1.